The van der Waals surface area contributed by atoms with E-state index >= 15 is 0 Å². The van der Waals surface area contributed by atoms with Gasteiger partial charge in [-0.25, -0.2) is 0 Å². The summed E-state index contributed by atoms with van der Waals surface area (Å²) >= 11 is 2.85. The first kappa shape index (κ1) is 16.0. The molecule has 2 aromatic heterocycles. The number of nitrogens with zero attached hydrogens (tertiary/aromatic N) is 3. The number of carboxylic acid groups (broad SMARTS) is 1. The van der Waals surface area contributed by atoms with Crippen LogP contribution in [0.1, 0.15) is 11.8 Å². The summed E-state index contributed by atoms with van der Waals surface area (Å²) in [6, 6.07) is 4.11. The van der Waals surface area contributed by atoms with Gasteiger partial charge >= 0.3 is 5.97 Å². The molecule has 1 N–H and O–H groups in total. The maximum absolute atomic E-state index is 10.7. The third-order valence-corrected chi connectivity index (χ3v) is 4.97. The molecular formula is C13H17N3O3S2. The molecule has 21 heavy (non-hydrogen) atoms. The van der Waals surface area contributed by atoms with Crippen molar-refractivity contribution in [3.8, 4) is 10.7 Å². The average molecular weight is 327 g/mol. The van der Waals surface area contributed by atoms with Crippen molar-refractivity contribution in [3.63, 3.8) is 0 Å². The summed E-state index contributed by atoms with van der Waals surface area (Å²) in [7, 11) is 1.63. The second-order valence-corrected chi connectivity index (χ2v) is 6.36. The number of carbonyl (C=O) groups is 1. The monoisotopic (exact) mass is 327 g/mol. The molecule has 0 saturated carbocycles. The van der Waals surface area contributed by atoms with E-state index in [1.807, 2.05) is 10.6 Å². The van der Waals surface area contributed by atoms with Crippen molar-refractivity contribution in [2.45, 2.75) is 25.0 Å². The molecule has 0 radical (unpaired) electrons. The SMILES string of the molecule is CCc1ccc(-c2nnc(SCC(=O)O)n2CCOC)s1. The lowest BCUT2D eigenvalue weighted by molar-refractivity contribution is -0.133. The molecule has 0 aromatic carbocycles. The molecule has 0 aliphatic heterocycles. The van der Waals surface area contributed by atoms with Gasteiger partial charge in [-0.1, -0.05) is 18.7 Å². The third kappa shape index (κ3) is 4.05. The van der Waals surface area contributed by atoms with Gasteiger partial charge in [-0.2, -0.15) is 0 Å². The Morgan fingerprint density at radius 2 is 2.29 bits per heavy atom. The Labute approximate surface area is 131 Å². The van der Waals surface area contributed by atoms with Crippen LogP contribution in [0.4, 0.5) is 0 Å². The van der Waals surface area contributed by atoms with Crippen molar-refractivity contribution in [1.29, 1.82) is 0 Å². The molecule has 0 bridgehead atoms. The average Bonchev–Trinajstić information content (AvgIpc) is 3.08. The number of aryl methyl sites for hydroxylation is 1. The molecule has 0 spiro atoms. The van der Waals surface area contributed by atoms with E-state index in [0.29, 0.717) is 18.3 Å². The molecule has 114 valence electrons. The van der Waals surface area contributed by atoms with Crippen LogP contribution >= 0.6 is 23.1 Å². The van der Waals surface area contributed by atoms with Gasteiger partial charge < -0.3 is 9.84 Å². The van der Waals surface area contributed by atoms with Gasteiger partial charge in [-0.3, -0.25) is 9.36 Å². The van der Waals surface area contributed by atoms with Crippen molar-refractivity contribution < 1.29 is 14.6 Å². The molecule has 0 aliphatic rings. The van der Waals surface area contributed by atoms with Crippen LogP contribution < -0.4 is 0 Å². The molecule has 2 heterocycles. The summed E-state index contributed by atoms with van der Waals surface area (Å²) in [5, 5.41) is 17.7. The molecule has 0 saturated heterocycles. The first-order chi connectivity index (χ1) is 10.2. The first-order valence-corrected chi connectivity index (χ1v) is 8.31. The van der Waals surface area contributed by atoms with Crippen LogP contribution in [0, 0.1) is 0 Å². The number of methoxy groups -OCH3 is 1. The van der Waals surface area contributed by atoms with Crippen LogP contribution in [0.25, 0.3) is 10.7 Å². The third-order valence-electron chi connectivity index (χ3n) is 2.79. The van der Waals surface area contributed by atoms with E-state index in [0.717, 1.165) is 17.1 Å². The summed E-state index contributed by atoms with van der Waals surface area (Å²) in [6.07, 6.45) is 0.984. The van der Waals surface area contributed by atoms with E-state index < -0.39 is 5.97 Å². The molecular weight excluding hydrogens is 310 g/mol. The highest BCUT2D eigenvalue weighted by molar-refractivity contribution is 7.99. The first-order valence-electron chi connectivity index (χ1n) is 6.51. The lowest BCUT2D eigenvalue weighted by atomic mass is 10.3. The Hall–Kier alpha value is -1.38. The smallest absolute Gasteiger partial charge is 0.313 e. The fourth-order valence-corrected chi connectivity index (χ4v) is 3.40. The number of carboxylic acids is 1. The van der Waals surface area contributed by atoms with Crippen molar-refractivity contribution >= 4 is 29.1 Å². The van der Waals surface area contributed by atoms with E-state index in [1.165, 1.54) is 16.6 Å². The maximum atomic E-state index is 10.7. The molecule has 0 unspecified atom stereocenters. The maximum Gasteiger partial charge on any atom is 0.313 e. The summed E-state index contributed by atoms with van der Waals surface area (Å²) in [4.78, 5) is 13.0. The predicted molar refractivity (Wildman–Crippen MR) is 82.9 cm³/mol. The minimum Gasteiger partial charge on any atom is -0.481 e. The van der Waals surface area contributed by atoms with Crippen LogP contribution in [-0.2, 0) is 22.5 Å². The van der Waals surface area contributed by atoms with Crippen LogP contribution in [0.2, 0.25) is 0 Å². The zero-order valence-electron chi connectivity index (χ0n) is 11.9. The van der Waals surface area contributed by atoms with Crippen LogP contribution in [0.3, 0.4) is 0 Å². The highest BCUT2D eigenvalue weighted by Gasteiger charge is 2.16. The standard InChI is InChI=1S/C13H17N3O3S2/c1-3-9-4-5-10(21-9)12-14-15-13(20-8-11(17)18)16(12)6-7-19-2/h4-5H,3,6-8H2,1-2H3,(H,17,18). The molecule has 0 aliphatic carbocycles. The number of hydrogen-bond donors (Lipinski definition) is 1. The van der Waals surface area contributed by atoms with E-state index in [2.05, 4.69) is 23.2 Å². The molecule has 2 rings (SSSR count). The number of ether oxygens (including phenoxy) is 1. The number of thioether (sulfide) groups is 1. The Bertz CT molecular complexity index is 610. The van der Waals surface area contributed by atoms with E-state index in [4.69, 9.17) is 9.84 Å². The minimum absolute atomic E-state index is 0.0320. The van der Waals surface area contributed by atoms with Gasteiger partial charge in [0.2, 0.25) is 0 Å². The van der Waals surface area contributed by atoms with Crippen LogP contribution in [-0.4, -0.2) is 45.3 Å². The summed E-state index contributed by atoms with van der Waals surface area (Å²) < 4.78 is 7.03. The molecule has 8 heteroatoms. The number of rotatable bonds is 8. The lowest BCUT2D eigenvalue weighted by Gasteiger charge is -2.07. The largest absolute Gasteiger partial charge is 0.481 e. The highest BCUT2D eigenvalue weighted by atomic mass is 32.2. The van der Waals surface area contributed by atoms with Gasteiger partial charge in [0.15, 0.2) is 11.0 Å². The van der Waals surface area contributed by atoms with Gasteiger partial charge in [-0.15, -0.1) is 21.5 Å². The summed E-state index contributed by atoms with van der Waals surface area (Å²) in [6.45, 7) is 3.23. The second-order valence-electron chi connectivity index (χ2n) is 4.25. The fourth-order valence-electron chi connectivity index (χ4n) is 1.78. The minimum atomic E-state index is -0.868. The van der Waals surface area contributed by atoms with Crippen molar-refractivity contribution in [3.05, 3.63) is 17.0 Å². The Balaban J connectivity index is 2.28. The number of aliphatic carboxylic acids is 1. The predicted octanol–water partition coefficient (Wildman–Crippen LogP) is 2.39. The molecule has 6 nitrogen and oxygen atoms in total. The van der Waals surface area contributed by atoms with Gasteiger partial charge in [0.25, 0.3) is 0 Å². The molecule has 2 aromatic rings. The Kier molecular flexibility index (Phi) is 5.77. The summed E-state index contributed by atoms with van der Waals surface area (Å²) in [5.74, 6) is -0.132. The van der Waals surface area contributed by atoms with Crippen molar-refractivity contribution in [2.75, 3.05) is 19.5 Å². The number of thiophene rings is 1. The van der Waals surface area contributed by atoms with Gasteiger partial charge in [0.05, 0.1) is 23.8 Å². The van der Waals surface area contributed by atoms with Crippen molar-refractivity contribution in [2.24, 2.45) is 0 Å². The van der Waals surface area contributed by atoms with Gasteiger partial charge in [-0.05, 0) is 18.6 Å². The van der Waals surface area contributed by atoms with Crippen LogP contribution in [0.5, 0.6) is 0 Å². The van der Waals surface area contributed by atoms with E-state index in [1.54, 1.807) is 18.4 Å². The van der Waals surface area contributed by atoms with Crippen molar-refractivity contribution in [1.82, 2.24) is 14.8 Å². The normalized spacial score (nSPS) is 11.0. The summed E-state index contributed by atoms with van der Waals surface area (Å²) in [5.41, 5.74) is 0. The Morgan fingerprint density at radius 3 is 2.90 bits per heavy atom. The van der Waals surface area contributed by atoms with Gasteiger partial charge in [0, 0.05) is 12.0 Å². The zero-order valence-corrected chi connectivity index (χ0v) is 13.5. The topological polar surface area (TPSA) is 77.2 Å². The lowest BCUT2D eigenvalue weighted by Crippen LogP contribution is -2.08. The van der Waals surface area contributed by atoms with Crippen LogP contribution in [0.15, 0.2) is 17.3 Å². The molecule has 0 fully saturated rings. The fraction of sp³-hybridized carbons (Fsp3) is 0.462. The van der Waals surface area contributed by atoms with E-state index in [-0.39, 0.29) is 5.75 Å². The quantitative estimate of drug-likeness (QED) is 0.750. The van der Waals surface area contributed by atoms with Gasteiger partial charge in [0.1, 0.15) is 0 Å². The highest BCUT2D eigenvalue weighted by Crippen LogP contribution is 2.29. The Morgan fingerprint density at radius 1 is 1.48 bits per heavy atom. The molecule has 0 amide bonds. The number of aromatic nitrogens is 3. The number of hydrogen-bond acceptors (Lipinski definition) is 6. The molecule has 0 atom stereocenters. The second kappa shape index (κ2) is 7.58. The van der Waals surface area contributed by atoms with E-state index in [9.17, 15) is 4.79 Å². The zero-order chi connectivity index (χ0) is 15.2.